The Morgan fingerprint density at radius 1 is 1.43 bits per heavy atom. The molecular formula is C10H21N3O. The summed E-state index contributed by atoms with van der Waals surface area (Å²) >= 11 is 0. The number of hydrogen-bond acceptors (Lipinski definition) is 2. The number of amides is 2. The highest BCUT2D eigenvalue weighted by Gasteiger charge is 1.95. The Morgan fingerprint density at radius 2 is 2.14 bits per heavy atom. The van der Waals surface area contributed by atoms with Gasteiger partial charge in [-0.05, 0) is 33.5 Å². The zero-order valence-corrected chi connectivity index (χ0v) is 9.34. The van der Waals surface area contributed by atoms with Gasteiger partial charge in [0.2, 0.25) is 0 Å². The second-order valence-electron chi connectivity index (χ2n) is 3.37. The van der Waals surface area contributed by atoms with Gasteiger partial charge in [-0.2, -0.15) is 0 Å². The molecule has 0 fully saturated rings. The second-order valence-corrected chi connectivity index (χ2v) is 3.37. The van der Waals surface area contributed by atoms with Crippen LogP contribution in [0.3, 0.4) is 0 Å². The molecule has 0 unspecified atom stereocenters. The number of carbonyl (C=O) groups excluding carboxylic acids is 1. The molecule has 0 radical (unpaired) electrons. The Morgan fingerprint density at radius 3 is 2.71 bits per heavy atom. The first-order valence-electron chi connectivity index (χ1n) is 5.01. The Bertz CT molecular complexity index is 178. The number of allylic oxidation sites excluding steroid dienone is 1. The molecule has 0 spiro atoms. The first kappa shape index (κ1) is 13.0. The number of nitrogens with one attached hydrogen (secondary N) is 2. The molecule has 0 aromatic heterocycles. The summed E-state index contributed by atoms with van der Waals surface area (Å²) in [7, 11) is 4.04. The van der Waals surface area contributed by atoms with Crippen molar-refractivity contribution >= 4 is 6.03 Å². The van der Waals surface area contributed by atoms with Crippen LogP contribution in [0.5, 0.6) is 0 Å². The summed E-state index contributed by atoms with van der Waals surface area (Å²) in [5, 5.41) is 5.40. The number of rotatable bonds is 6. The molecule has 0 saturated carbocycles. The monoisotopic (exact) mass is 199 g/mol. The summed E-state index contributed by atoms with van der Waals surface area (Å²) in [6.45, 7) is 3.72. The third-order valence-corrected chi connectivity index (χ3v) is 1.64. The molecule has 0 aliphatic carbocycles. The van der Waals surface area contributed by atoms with Gasteiger partial charge in [0.1, 0.15) is 0 Å². The zero-order valence-electron chi connectivity index (χ0n) is 9.34. The van der Waals surface area contributed by atoms with Gasteiger partial charge in [0.05, 0.1) is 0 Å². The lowest BCUT2D eigenvalue weighted by molar-refractivity contribution is 0.243. The van der Waals surface area contributed by atoms with Crippen LogP contribution >= 0.6 is 0 Å². The molecule has 0 bridgehead atoms. The fourth-order valence-electron chi connectivity index (χ4n) is 0.901. The smallest absolute Gasteiger partial charge is 0.318 e. The summed E-state index contributed by atoms with van der Waals surface area (Å²) in [5.74, 6) is 0. The van der Waals surface area contributed by atoms with E-state index in [4.69, 9.17) is 0 Å². The van der Waals surface area contributed by atoms with Gasteiger partial charge in [-0.15, -0.1) is 0 Å². The molecular weight excluding hydrogens is 178 g/mol. The molecule has 0 aromatic carbocycles. The highest BCUT2D eigenvalue weighted by atomic mass is 16.2. The molecule has 0 aliphatic rings. The van der Waals surface area contributed by atoms with Crippen LogP contribution in [-0.4, -0.2) is 38.1 Å². The maximum absolute atomic E-state index is 11.1. The van der Waals surface area contributed by atoms with E-state index in [1.54, 1.807) is 6.20 Å². The molecule has 0 heterocycles. The Balaban J connectivity index is 3.31. The minimum Gasteiger partial charge on any atom is -0.338 e. The molecule has 0 aliphatic heterocycles. The molecule has 4 nitrogen and oxygen atoms in total. The third kappa shape index (κ3) is 9.06. The van der Waals surface area contributed by atoms with Crippen LogP contribution in [0.2, 0.25) is 0 Å². The molecule has 0 saturated heterocycles. The first-order chi connectivity index (χ1) is 6.66. The number of hydrogen-bond donors (Lipinski definition) is 2. The standard InChI is InChI=1S/C10H21N3O/c1-4-5-7-11-10(14)12-8-6-9-13(2)3/h5,7H,4,6,8-9H2,1-3H3,(H2,11,12,14)/b7-5+. The van der Waals surface area contributed by atoms with Crippen LogP contribution in [0.1, 0.15) is 19.8 Å². The molecule has 0 aromatic rings. The minimum atomic E-state index is -0.131. The fraction of sp³-hybridized carbons (Fsp3) is 0.700. The molecule has 2 N–H and O–H groups in total. The number of carbonyl (C=O) groups is 1. The number of nitrogens with zero attached hydrogens (tertiary/aromatic N) is 1. The van der Waals surface area contributed by atoms with Gasteiger partial charge in [-0.25, -0.2) is 4.79 Å². The van der Waals surface area contributed by atoms with E-state index in [2.05, 4.69) is 15.5 Å². The Labute approximate surface area is 86.4 Å². The lowest BCUT2D eigenvalue weighted by Gasteiger charge is -2.09. The topological polar surface area (TPSA) is 44.4 Å². The maximum Gasteiger partial charge on any atom is 0.318 e. The van der Waals surface area contributed by atoms with Gasteiger partial charge in [0, 0.05) is 12.7 Å². The lowest BCUT2D eigenvalue weighted by atomic mass is 10.4. The van der Waals surface area contributed by atoms with Crippen LogP contribution in [0.15, 0.2) is 12.3 Å². The third-order valence-electron chi connectivity index (χ3n) is 1.64. The second kappa shape index (κ2) is 8.56. The first-order valence-corrected chi connectivity index (χ1v) is 5.01. The molecule has 14 heavy (non-hydrogen) atoms. The molecule has 82 valence electrons. The van der Waals surface area contributed by atoms with Crippen LogP contribution in [-0.2, 0) is 0 Å². The van der Waals surface area contributed by atoms with Crippen molar-refractivity contribution in [2.75, 3.05) is 27.2 Å². The van der Waals surface area contributed by atoms with Crippen molar-refractivity contribution in [3.05, 3.63) is 12.3 Å². The van der Waals surface area contributed by atoms with Crippen LogP contribution in [0.4, 0.5) is 4.79 Å². The van der Waals surface area contributed by atoms with Crippen LogP contribution in [0, 0.1) is 0 Å². The fourth-order valence-corrected chi connectivity index (χ4v) is 0.901. The van der Waals surface area contributed by atoms with Crippen LogP contribution in [0.25, 0.3) is 0 Å². The van der Waals surface area contributed by atoms with E-state index in [9.17, 15) is 4.79 Å². The van der Waals surface area contributed by atoms with Crippen molar-refractivity contribution in [3.63, 3.8) is 0 Å². The summed E-state index contributed by atoms with van der Waals surface area (Å²) in [6.07, 6.45) is 5.47. The van der Waals surface area contributed by atoms with E-state index in [0.717, 1.165) is 19.4 Å². The largest absolute Gasteiger partial charge is 0.338 e. The van der Waals surface area contributed by atoms with Crippen molar-refractivity contribution < 1.29 is 4.79 Å². The van der Waals surface area contributed by atoms with E-state index in [1.807, 2.05) is 27.1 Å². The van der Waals surface area contributed by atoms with Crippen LogP contribution < -0.4 is 10.6 Å². The molecule has 0 atom stereocenters. The highest BCUT2D eigenvalue weighted by Crippen LogP contribution is 1.81. The van der Waals surface area contributed by atoms with Crippen molar-refractivity contribution in [1.82, 2.24) is 15.5 Å². The Kier molecular flexibility index (Phi) is 7.93. The number of urea groups is 1. The van der Waals surface area contributed by atoms with Gasteiger partial charge in [0.15, 0.2) is 0 Å². The quantitative estimate of drug-likeness (QED) is 0.630. The van der Waals surface area contributed by atoms with Crippen molar-refractivity contribution in [2.24, 2.45) is 0 Å². The summed E-state index contributed by atoms with van der Waals surface area (Å²) in [6, 6.07) is -0.131. The molecule has 0 rings (SSSR count). The van der Waals surface area contributed by atoms with Gasteiger partial charge in [0.25, 0.3) is 0 Å². The summed E-state index contributed by atoms with van der Waals surface area (Å²) in [4.78, 5) is 13.2. The summed E-state index contributed by atoms with van der Waals surface area (Å²) < 4.78 is 0. The van der Waals surface area contributed by atoms with Gasteiger partial charge in [-0.3, -0.25) is 0 Å². The van der Waals surface area contributed by atoms with Crippen molar-refractivity contribution in [1.29, 1.82) is 0 Å². The minimum absolute atomic E-state index is 0.131. The van der Waals surface area contributed by atoms with Gasteiger partial charge in [-0.1, -0.05) is 13.0 Å². The Hall–Kier alpha value is -1.03. The highest BCUT2D eigenvalue weighted by molar-refractivity contribution is 5.74. The van der Waals surface area contributed by atoms with E-state index < -0.39 is 0 Å². The van der Waals surface area contributed by atoms with Crippen molar-refractivity contribution in [3.8, 4) is 0 Å². The lowest BCUT2D eigenvalue weighted by Crippen LogP contribution is -2.33. The SMILES string of the molecule is CC/C=C/NC(=O)NCCCN(C)C. The average molecular weight is 199 g/mol. The zero-order chi connectivity index (χ0) is 10.8. The normalized spacial score (nSPS) is 10.9. The predicted molar refractivity (Wildman–Crippen MR) is 59.1 cm³/mol. The molecule has 4 heteroatoms. The predicted octanol–water partition coefficient (Wildman–Crippen LogP) is 1.16. The maximum atomic E-state index is 11.1. The van der Waals surface area contributed by atoms with E-state index >= 15 is 0 Å². The van der Waals surface area contributed by atoms with Crippen molar-refractivity contribution in [2.45, 2.75) is 19.8 Å². The summed E-state index contributed by atoms with van der Waals surface area (Å²) in [5.41, 5.74) is 0. The van der Waals surface area contributed by atoms with E-state index in [1.165, 1.54) is 0 Å². The van der Waals surface area contributed by atoms with Gasteiger partial charge >= 0.3 is 6.03 Å². The molecule has 2 amide bonds. The van der Waals surface area contributed by atoms with Gasteiger partial charge < -0.3 is 15.5 Å². The average Bonchev–Trinajstić information content (AvgIpc) is 2.13. The van der Waals surface area contributed by atoms with E-state index in [-0.39, 0.29) is 6.03 Å². The van der Waals surface area contributed by atoms with E-state index in [0.29, 0.717) is 6.54 Å².